The van der Waals surface area contributed by atoms with Gasteiger partial charge in [-0.3, -0.25) is 9.48 Å². The standard InChI is InChI=1S/C14H20N4O/c1-17-10-11(8-16-17)2-5-14(19)18-12-3-4-13(18)9-15-7-6-12/h2,5,8,10,12-13,15H,3-4,6-7,9H2,1H3/b5-2+/t12-,13+/m1/s1. The van der Waals surface area contributed by atoms with Crippen LogP contribution in [0, 0.1) is 0 Å². The zero-order chi connectivity index (χ0) is 13.2. The van der Waals surface area contributed by atoms with Crippen LogP contribution in [0.3, 0.4) is 0 Å². The van der Waals surface area contributed by atoms with Crippen molar-refractivity contribution in [2.75, 3.05) is 13.1 Å². The predicted molar refractivity (Wildman–Crippen MR) is 73.4 cm³/mol. The summed E-state index contributed by atoms with van der Waals surface area (Å²) in [6.07, 6.45) is 10.6. The molecule has 0 aromatic carbocycles. The van der Waals surface area contributed by atoms with Crippen LogP contribution in [-0.4, -0.2) is 45.8 Å². The lowest BCUT2D eigenvalue weighted by Crippen LogP contribution is -2.41. The Morgan fingerprint density at radius 3 is 3.05 bits per heavy atom. The van der Waals surface area contributed by atoms with Gasteiger partial charge in [0.05, 0.1) is 6.20 Å². The molecule has 0 unspecified atom stereocenters. The van der Waals surface area contributed by atoms with Crippen LogP contribution in [0.1, 0.15) is 24.8 Å². The number of aryl methyl sites for hydroxylation is 1. The molecule has 2 saturated heterocycles. The molecule has 0 spiro atoms. The van der Waals surface area contributed by atoms with E-state index in [4.69, 9.17) is 0 Å². The Kier molecular flexibility index (Phi) is 3.38. The van der Waals surface area contributed by atoms with Gasteiger partial charge in [0.1, 0.15) is 0 Å². The number of rotatable bonds is 2. The van der Waals surface area contributed by atoms with Crippen LogP contribution in [0.5, 0.6) is 0 Å². The van der Waals surface area contributed by atoms with Gasteiger partial charge in [-0.05, 0) is 31.9 Å². The Bertz CT molecular complexity index is 479. The van der Waals surface area contributed by atoms with Crippen molar-refractivity contribution in [3.63, 3.8) is 0 Å². The summed E-state index contributed by atoms with van der Waals surface area (Å²) >= 11 is 0. The van der Waals surface area contributed by atoms with Gasteiger partial charge in [0, 0.05) is 43.5 Å². The number of fused-ring (bicyclic) bond motifs is 2. The second-order valence-corrected chi connectivity index (χ2v) is 5.40. The molecule has 2 bridgehead atoms. The van der Waals surface area contributed by atoms with Gasteiger partial charge in [0.15, 0.2) is 0 Å². The average molecular weight is 260 g/mol. The van der Waals surface area contributed by atoms with Gasteiger partial charge in [-0.2, -0.15) is 5.10 Å². The normalized spacial score (nSPS) is 26.9. The number of nitrogens with one attached hydrogen (secondary N) is 1. The minimum atomic E-state index is 0.139. The minimum Gasteiger partial charge on any atom is -0.332 e. The van der Waals surface area contributed by atoms with Crippen molar-refractivity contribution in [1.82, 2.24) is 20.0 Å². The molecule has 3 heterocycles. The topological polar surface area (TPSA) is 50.2 Å². The third-order valence-corrected chi connectivity index (χ3v) is 4.05. The molecule has 0 aliphatic carbocycles. The highest BCUT2D eigenvalue weighted by Crippen LogP contribution is 2.28. The van der Waals surface area contributed by atoms with E-state index in [1.54, 1.807) is 17.0 Å². The molecule has 19 heavy (non-hydrogen) atoms. The van der Waals surface area contributed by atoms with Gasteiger partial charge >= 0.3 is 0 Å². The van der Waals surface area contributed by atoms with Crippen molar-refractivity contribution in [2.45, 2.75) is 31.3 Å². The Morgan fingerprint density at radius 2 is 2.26 bits per heavy atom. The number of amides is 1. The maximum Gasteiger partial charge on any atom is 0.247 e. The van der Waals surface area contributed by atoms with Gasteiger partial charge in [-0.15, -0.1) is 0 Å². The molecule has 1 amide bonds. The lowest BCUT2D eigenvalue weighted by Gasteiger charge is -2.26. The van der Waals surface area contributed by atoms with E-state index in [-0.39, 0.29) is 5.91 Å². The fourth-order valence-electron chi connectivity index (χ4n) is 3.12. The molecule has 1 aromatic heterocycles. The van der Waals surface area contributed by atoms with Crippen LogP contribution in [0.2, 0.25) is 0 Å². The SMILES string of the molecule is Cn1cc(/C=C/C(=O)N2[C@H]3CCNC[C@@H]2CC3)cn1. The number of hydrogen-bond donors (Lipinski definition) is 1. The molecular weight excluding hydrogens is 240 g/mol. The average Bonchev–Trinajstić information content (AvgIpc) is 2.89. The van der Waals surface area contributed by atoms with Crippen molar-refractivity contribution in [3.8, 4) is 0 Å². The number of aromatic nitrogens is 2. The third kappa shape index (κ3) is 2.56. The molecule has 2 aliphatic heterocycles. The Balaban J connectivity index is 1.71. The first-order valence-electron chi connectivity index (χ1n) is 6.94. The van der Waals surface area contributed by atoms with Crippen LogP contribution in [-0.2, 0) is 11.8 Å². The highest BCUT2D eigenvalue weighted by atomic mass is 16.2. The molecule has 1 N–H and O–H groups in total. The Labute approximate surface area is 113 Å². The summed E-state index contributed by atoms with van der Waals surface area (Å²) < 4.78 is 1.74. The minimum absolute atomic E-state index is 0.139. The van der Waals surface area contributed by atoms with Crippen molar-refractivity contribution in [3.05, 3.63) is 24.0 Å². The van der Waals surface area contributed by atoms with E-state index >= 15 is 0 Å². The molecule has 2 fully saturated rings. The molecular formula is C14H20N4O. The molecule has 3 rings (SSSR count). The predicted octanol–water partition coefficient (Wildman–Crippen LogP) is 0.786. The van der Waals surface area contributed by atoms with Crippen molar-refractivity contribution in [2.24, 2.45) is 7.05 Å². The first-order valence-corrected chi connectivity index (χ1v) is 6.94. The van der Waals surface area contributed by atoms with E-state index in [1.165, 1.54) is 0 Å². The van der Waals surface area contributed by atoms with E-state index in [0.29, 0.717) is 12.1 Å². The monoisotopic (exact) mass is 260 g/mol. The van der Waals surface area contributed by atoms with Gasteiger partial charge in [-0.25, -0.2) is 0 Å². The Morgan fingerprint density at radius 1 is 1.42 bits per heavy atom. The van der Waals surface area contributed by atoms with Gasteiger partial charge in [-0.1, -0.05) is 0 Å². The van der Waals surface area contributed by atoms with Crippen molar-refractivity contribution >= 4 is 12.0 Å². The first kappa shape index (κ1) is 12.4. The molecule has 102 valence electrons. The molecule has 2 atom stereocenters. The van der Waals surface area contributed by atoms with Crippen LogP contribution >= 0.6 is 0 Å². The highest BCUT2D eigenvalue weighted by Gasteiger charge is 2.36. The molecule has 2 aliphatic rings. The molecule has 5 heteroatoms. The van der Waals surface area contributed by atoms with E-state index < -0.39 is 0 Å². The van der Waals surface area contributed by atoms with E-state index in [0.717, 1.165) is 37.9 Å². The first-order chi connectivity index (χ1) is 9.24. The maximum absolute atomic E-state index is 12.4. The Hall–Kier alpha value is -1.62. The summed E-state index contributed by atoms with van der Waals surface area (Å²) in [6, 6.07) is 0.796. The van der Waals surface area contributed by atoms with Gasteiger partial charge in [0.2, 0.25) is 5.91 Å². The zero-order valence-corrected chi connectivity index (χ0v) is 11.2. The summed E-state index contributed by atoms with van der Waals surface area (Å²) in [7, 11) is 1.87. The number of nitrogens with zero attached hydrogens (tertiary/aromatic N) is 3. The van der Waals surface area contributed by atoms with E-state index in [9.17, 15) is 4.79 Å². The smallest absolute Gasteiger partial charge is 0.247 e. The lowest BCUT2D eigenvalue weighted by molar-refractivity contribution is -0.128. The summed E-state index contributed by atoms with van der Waals surface area (Å²) in [5.74, 6) is 0.139. The van der Waals surface area contributed by atoms with E-state index in [2.05, 4.69) is 15.3 Å². The zero-order valence-electron chi connectivity index (χ0n) is 11.2. The lowest BCUT2D eigenvalue weighted by atomic mass is 10.1. The van der Waals surface area contributed by atoms with Gasteiger partial charge < -0.3 is 10.2 Å². The maximum atomic E-state index is 12.4. The van der Waals surface area contributed by atoms with E-state index in [1.807, 2.05) is 19.3 Å². The second-order valence-electron chi connectivity index (χ2n) is 5.40. The fraction of sp³-hybridized carbons (Fsp3) is 0.571. The molecule has 5 nitrogen and oxygen atoms in total. The fourth-order valence-corrected chi connectivity index (χ4v) is 3.12. The van der Waals surface area contributed by atoms with Gasteiger partial charge in [0.25, 0.3) is 0 Å². The van der Waals surface area contributed by atoms with Crippen LogP contribution < -0.4 is 5.32 Å². The van der Waals surface area contributed by atoms with Crippen LogP contribution in [0.25, 0.3) is 6.08 Å². The number of hydrogen-bond acceptors (Lipinski definition) is 3. The summed E-state index contributed by atoms with van der Waals surface area (Å²) in [5.41, 5.74) is 0.969. The van der Waals surface area contributed by atoms with Crippen molar-refractivity contribution < 1.29 is 4.79 Å². The summed E-state index contributed by atoms with van der Waals surface area (Å²) in [5, 5.41) is 7.50. The number of carbonyl (C=O) groups excluding carboxylic acids is 1. The summed E-state index contributed by atoms with van der Waals surface area (Å²) in [4.78, 5) is 14.5. The molecule has 0 radical (unpaired) electrons. The highest BCUT2D eigenvalue weighted by molar-refractivity contribution is 5.92. The molecule has 0 saturated carbocycles. The third-order valence-electron chi connectivity index (χ3n) is 4.05. The quantitative estimate of drug-likeness (QED) is 0.800. The van der Waals surface area contributed by atoms with Crippen LogP contribution in [0.4, 0.5) is 0 Å². The summed E-state index contributed by atoms with van der Waals surface area (Å²) in [6.45, 7) is 1.96. The van der Waals surface area contributed by atoms with Crippen molar-refractivity contribution in [1.29, 1.82) is 0 Å². The molecule has 1 aromatic rings. The second kappa shape index (κ2) is 5.17. The number of carbonyl (C=O) groups is 1. The van der Waals surface area contributed by atoms with Crippen LogP contribution in [0.15, 0.2) is 18.5 Å². The largest absolute Gasteiger partial charge is 0.332 e.